The van der Waals surface area contributed by atoms with E-state index in [1.165, 1.54) is 11.1 Å². The van der Waals surface area contributed by atoms with Gasteiger partial charge in [-0.1, -0.05) is 32.9 Å². The van der Waals surface area contributed by atoms with Gasteiger partial charge in [0.1, 0.15) is 5.75 Å². The third kappa shape index (κ3) is 4.21. The molecule has 1 fully saturated rings. The first-order valence-electron chi connectivity index (χ1n) is 8.17. The fraction of sp³-hybridized carbons (Fsp3) is 0.667. The molecule has 0 spiro atoms. The van der Waals surface area contributed by atoms with Crippen LogP contribution in [0.2, 0.25) is 0 Å². The number of ether oxygens (including phenoxy) is 1. The molecule has 1 saturated heterocycles. The smallest absolute Gasteiger partial charge is 0.122 e. The van der Waals surface area contributed by atoms with E-state index in [0.717, 1.165) is 51.3 Å². The molecular weight excluding hydrogens is 260 g/mol. The minimum Gasteiger partial charge on any atom is -0.496 e. The summed E-state index contributed by atoms with van der Waals surface area (Å²) in [5, 5.41) is 3.41. The van der Waals surface area contributed by atoms with Crippen molar-refractivity contribution in [2.45, 2.75) is 39.0 Å². The van der Waals surface area contributed by atoms with Gasteiger partial charge in [-0.05, 0) is 35.4 Å². The van der Waals surface area contributed by atoms with Gasteiger partial charge in [0, 0.05) is 32.7 Å². The van der Waals surface area contributed by atoms with E-state index >= 15 is 0 Å². The Bertz CT molecular complexity index is 451. The molecule has 0 radical (unpaired) electrons. The van der Waals surface area contributed by atoms with Crippen molar-refractivity contribution in [1.82, 2.24) is 10.2 Å². The molecule has 1 N–H and O–H groups in total. The summed E-state index contributed by atoms with van der Waals surface area (Å²) in [6, 6.07) is 6.71. The van der Waals surface area contributed by atoms with E-state index in [1.54, 1.807) is 7.11 Å². The van der Waals surface area contributed by atoms with Gasteiger partial charge in [-0.3, -0.25) is 0 Å². The maximum Gasteiger partial charge on any atom is 0.122 e. The molecule has 0 aromatic heterocycles. The Hall–Kier alpha value is -1.06. The molecule has 2 rings (SSSR count). The van der Waals surface area contributed by atoms with Gasteiger partial charge in [0.2, 0.25) is 0 Å². The largest absolute Gasteiger partial charge is 0.496 e. The van der Waals surface area contributed by atoms with Crippen LogP contribution in [0.25, 0.3) is 0 Å². The molecule has 0 bridgehead atoms. The summed E-state index contributed by atoms with van der Waals surface area (Å²) >= 11 is 0. The molecule has 0 unspecified atom stereocenters. The standard InChI is InChI=1S/C18H30N2O/c1-5-18(2,3)16-6-7-17(21-4)15(14-16)8-11-20-12-9-19-10-13-20/h6-7,14,19H,5,8-13H2,1-4H3. The average Bonchev–Trinajstić information content (AvgIpc) is 2.53. The SMILES string of the molecule is CCC(C)(C)c1ccc(OC)c(CCN2CCNCC2)c1. The highest BCUT2D eigenvalue weighted by Crippen LogP contribution is 2.31. The third-order valence-corrected chi connectivity index (χ3v) is 4.85. The van der Waals surface area contributed by atoms with Crippen LogP contribution < -0.4 is 10.1 Å². The molecule has 1 aromatic rings. The average molecular weight is 290 g/mol. The minimum absolute atomic E-state index is 0.232. The van der Waals surface area contributed by atoms with Crippen molar-refractivity contribution < 1.29 is 4.74 Å². The molecule has 1 aliphatic rings. The van der Waals surface area contributed by atoms with E-state index in [0.29, 0.717) is 0 Å². The van der Waals surface area contributed by atoms with Crippen molar-refractivity contribution in [2.75, 3.05) is 39.8 Å². The zero-order valence-electron chi connectivity index (χ0n) is 14.0. The highest BCUT2D eigenvalue weighted by Gasteiger charge is 2.20. The van der Waals surface area contributed by atoms with Crippen LogP contribution in [0.1, 0.15) is 38.3 Å². The molecule has 0 aliphatic carbocycles. The summed E-state index contributed by atoms with van der Waals surface area (Å²) in [4.78, 5) is 2.54. The Kier molecular flexibility index (Phi) is 5.65. The van der Waals surface area contributed by atoms with Gasteiger partial charge in [0.15, 0.2) is 0 Å². The summed E-state index contributed by atoms with van der Waals surface area (Å²) < 4.78 is 5.56. The Morgan fingerprint density at radius 2 is 1.95 bits per heavy atom. The van der Waals surface area contributed by atoms with Crippen molar-refractivity contribution >= 4 is 0 Å². The number of methoxy groups -OCH3 is 1. The van der Waals surface area contributed by atoms with Crippen LogP contribution in [0.15, 0.2) is 18.2 Å². The first-order valence-corrected chi connectivity index (χ1v) is 8.17. The van der Waals surface area contributed by atoms with Crippen LogP contribution in [0.5, 0.6) is 5.75 Å². The van der Waals surface area contributed by atoms with Crippen molar-refractivity contribution in [3.05, 3.63) is 29.3 Å². The predicted octanol–water partition coefficient (Wildman–Crippen LogP) is 2.83. The third-order valence-electron chi connectivity index (χ3n) is 4.85. The van der Waals surface area contributed by atoms with Crippen molar-refractivity contribution in [2.24, 2.45) is 0 Å². The monoisotopic (exact) mass is 290 g/mol. The number of rotatable bonds is 6. The summed E-state index contributed by atoms with van der Waals surface area (Å²) in [6.07, 6.45) is 2.22. The Balaban J connectivity index is 2.10. The number of nitrogens with zero attached hydrogens (tertiary/aromatic N) is 1. The van der Waals surface area contributed by atoms with E-state index < -0.39 is 0 Å². The van der Waals surface area contributed by atoms with Crippen LogP contribution in [0.4, 0.5) is 0 Å². The van der Waals surface area contributed by atoms with Crippen molar-refractivity contribution in [1.29, 1.82) is 0 Å². The van der Waals surface area contributed by atoms with Crippen molar-refractivity contribution in [3.8, 4) is 5.75 Å². The molecule has 1 aromatic carbocycles. The number of nitrogens with one attached hydrogen (secondary N) is 1. The second-order valence-electron chi connectivity index (χ2n) is 6.61. The van der Waals surface area contributed by atoms with Crippen LogP contribution in [0.3, 0.4) is 0 Å². The number of benzene rings is 1. The van der Waals surface area contributed by atoms with Gasteiger partial charge in [-0.2, -0.15) is 0 Å². The quantitative estimate of drug-likeness (QED) is 0.872. The second kappa shape index (κ2) is 7.28. The summed E-state index contributed by atoms with van der Waals surface area (Å²) in [7, 11) is 1.77. The lowest BCUT2D eigenvalue weighted by molar-refractivity contribution is 0.243. The zero-order valence-corrected chi connectivity index (χ0v) is 14.0. The molecule has 1 heterocycles. The Morgan fingerprint density at radius 1 is 1.24 bits per heavy atom. The maximum absolute atomic E-state index is 5.56. The Labute approximate surface area is 129 Å². The molecule has 1 aliphatic heterocycles. The van der Waals surface area contributed by atoms with E-state index in [4.69, 9.17) is 4.74 Å². The van der Waals surface area contributed by atoms with Gasteiger partial charge in [-0.15, -0.1) is 0 Å². The lowest BCUT2D eigenvalue weighted by Gasteiger charge is -2.28. The first-order chi connectivity index (χ1) is 10.1. The van der Waals surface area contributed by atoms with Gasteiger partial charge in [0.05, 0.1) is 7.11 Å². The highest BCUT2D eigenvalue weighted by molar-refractivity contribution is 5.40. The van der Waals surface area contributed by atoms with Gasteiger partial charge < -0.3 is 15.0 Å². The maximum atomic E-state index is 5.56. The lowest BCUT2D eigenvalue weighted by Crippen LogP contribution is -2.44. The molecule has 21 heavy (non-hydrogen) atoms. The number of hydrogen-bond acceptors (Lipinski definition) is 3. The van der Waals surface area contributed by atoms with Crippen LogP contribution in [-0.4, -0.2) is 44.7 Å². The fourth-order valence-electron chi connectivity index (χ4n) is 2.81. The molecule has 3 nitrogen and oxygen atoms in total. The van der Waals surface area contributed by atoms with Crippen molar-refractivity contribution in [3.63, 3.8) is 0 Å². The molecular formula is C18H30N2O. The molecule has 118 valence electrons. The van der Waals surface area contributed by atoms with Crippen LogP contribution in [0, 0.1) is 0 Å². The summed E-state index contributed by atoms with van der Waals surface area (Å²) in [6.45, 7) is 12.5. The van der Waals surface area contributed by atoms with E-state index in [1.807, 2.05) is 0 Å². The normalized spacial score (nSPS) is 17.0. The van der Waals surface area contributed by atoms with E-state index in [2.05, 4.69) is 49.2 Å². The number of piperazine rings is 1. The van der Waals surface area contributed by atoms with Crippen LogP contribution >= 0.6 is 0 Å². The molecule has 0 amide bonds. The summed E-state index contributed by atoms with van der Waals surface area (Å²) in [5.41, 5.74) is 2.99. The van der Waals surface area contributed by atoms with Gasteiger partial charge in [-0.25, -0.2) is 0 Å². The van der Waals surface area contributed by atoms with Gasteiger partial charge >= 0.3 is 0 Å². The second-order valence-corrected chi connectivity index (χ2v) is 6.61. The van der Waals surface area contributed by atoms with E-state index in [-0.39, 0.29) is 5.41 Å². The molecule has 0 saturated carbocycles. The topological polar surface area (TPSA) is 24.5 Å². The zero-order chi connectivity index (χ0) is 15.3. The summed E-state index contributed by atoms with van der Waals surface area (Å²) in [5.74, 6) is 1.03. The highest BCUT2D eigenvalue weighted by atomic mass is 16.5. The first kappa shape index (κ1) is 16.3. The minimum atomic E-state index is 0.232. The fourth-order valence-corrected chi connectivity index (χ4v) is 2.81. The van der Waals surface area contributed by atoms with Gasteiger partial charge in [0.25, 0.3) is 0 Å². The molecule has 3 heteroatoms. The Morgan fingerprint density at radius 3 is 2.57 bits per heavy atom. The number of hydrogen-bond donors (Lipinski definition) is 1. The van der Waals surface area contributed by atoms with Crippen LogP contribution in [-0.2, 0) is 11.8 Å². The predicted molar refractivity (Wildman–Crippen MR) is 89.3 cm³/mol. The van der Waals surface area contributed by atoms with E-state index in [9.17, 15) is 0 Å². The molecule has 0 atom stereocenters. The lowest BCUT2D eigenvalue weighted by atomic mass is 9.81.